The zero-order valence-corrected chi connectivity index (χ0v) is 21.1. The van der Waals surface area contributed by atoms with Gasteiger partial charge in [-0.05, 0) is 53.5 Å². The van der Waals surface area contributed by atoms with Crippen LogP contribution in [0.3, 0.4) is 0 Å². The van der Waals surface area contributed by atoms with E-state index in [0.29, 0.717) is 11.4 Å². The lowest BCUT2D eigenvalue weighted by Crippen LogP contribution is -2.37. The number of benzene rings is 2. The normalized spacial score (nSPS) is 17.7. The van der Waals surface area contributed by atoms with Crippen molar-refractivity contribution in [2.75, 3.05) is 29.5 Å². The summed E-state index contributed by atoms with van der Waals surface area (Å²) in [7, 11) is -1.69. The van der Waals surface area contributed by atoms with E-state index in [0.717, 1.165) is 41.4 Å². The van der Waals surface area contributed by atoms with Gasteiger partial charge >= 0.3 is 6.03 Å². The Morgan fingerprint density at radius 1 is 1.21 bits per heavy atom. The molecule has 0 saturated heterocycles. The molecule has 3 rings (SSSR count). The minimum absolute atomic E-state index is 0.172. The van der Waals surface area contributed by atoms with E-state index in [2.05, 4.69) is 25.5 Å². The number of primary amides is 1. The maximum absolute atomic E-state index is 12.2. The molecule has 0 aromatic heterocycles. The summed E-state index contributed by atoms with van der Waals surface area (Å²) in [4.78, 5) is 24.6. The molecule has 2 amide bonds. The first kappa shape index (κ1) is 25.6. The number of carbonyl (C=O) groups excluding carboxylic acids is 2. The molecular formula is C25H33N3O5S. The first-order valence-electron chi connectivity index (χ1n) is 11.2. The van der Waals surface area contributed by atoms with E-state index >= 15 is 0 Å². The quantitative estimate of drug-likeness (QED) is 0.516. The van der Waals surface area contributed by atoms with Crippen molar-refractivity contribution in [3.8, 4) is 5.75 Å². The summed E-state index contributed by atoms with van der Waals surface area (Å²) in [6.07, 6.45) is 2.97. The number of anilines is 2. The molecule has 9 heteroatoms. The average Bonchev–Trinajstić information content (AvgIpc) is 3.52. The maximum Gasteiger partial charge on any atom is 0.319 e. The second-order valence-electron chi connectivity index (χ2n) is 9.76. The molecule has 0 heterocycles. The van der Waals surface area contributed by atoms with E-state index in [4.69, 9.17) is 10.5 Å². The molecule has 184 valence electrons. The fourth-order valence-electron chi connectivity index (χ4n) is 4.32. The molecule has 1 aliphatic rings. The molecule has 1 fully saturated rings. The molecule has 0 radical (unpaired) electrons. The lowest BCUT2D eigenvalue weighted by molar-refractivity contribution is -0.107. The predicted molar refractivity (Wildman–Crippen MR) is 134 cm³/mol. The van der Waals surface area contributed by atoms with Crippen LogP contribution in [0, 0.1) is 0 Å². The molecule has 0 aliphatic heterocycles. The second-order valence-corrected chi connectivity index (χ2v) is 11.5. The molecule has 0 spiro atoms. The van der Waals surface area contributed by atoms with Crippen molar-refractivity contribution in [1.82, 2.24) is 0 Å². The van der Waals surface area contributed by atoms with Crippen molar-refractivity contribution in [1.29, 1.82) is 0 Å². The Morgan fingerprint density at radius 3 is 2.35 bits per heavy atom. The van der Waals surface area contributed by atoms with E-state index < -0.39 is 16.1 Å². The fourth-order valence-corrected chi connectivity index (χ4v) is 4.88. The number of hydrogen-bond acceptors (Lipinski definition) is 5. The zero-order chi connectivity index (χ0) is 25.3. The van der Waals surface area contributed by atoms with Gasteiger partial charge in [0.15, 0.2) is 0 Å². The van der Waals surface area contributed by atoms with Gasteiger partial charge in [0.2, 0.25) is 10.0 Å². The first-order chi connectivity index (χ1) is 15.9. The third kappa shape index (κ3) is 5.88. The van der Waals surface area contributed by atoms with Crippen LogP contribution in [-0.4, -0.2) is 40.6 Å². The van der Waals surface area contributed by atoms with Crippen LogP contribution in [-0.2, 0) is 20.2 Å². The Bertz CT molecular complexity index is 1170. The van der Waals surface area contributed by atoms with Crippen molar-refractivity contribution < 1.29 is 22.7 Å². The monoisotopic (exact) mass is 487 g/mol. The molecule has 8 nitrogen and oxygen atoms in total. The number of carbonyl (C=O) groups is 2. The molecule has 1 aliphatic carbocycles. The second kappa shape index (κ2) is 9.66. The summed E-state index contributed by atoms with van der Waals surface area (Å²) in [5.41, 5.74) is 9.60. The van der Waals surface area contributed by atoms with Crippen molar-refractivity contribution in [3.63, 3.8) is 0 Å². The molecule has 2 aromatic rings. The van der Waals surface area contributed by atoms with E-state index in [9.17, 15) is 18.0 Å². The highest BCUT2D eigenvalue weighted by molar-refractivity contribution is 7.92. The van der Waals surface area contributed by atoms with Crippen LogP contribution in [0.15, 0.2) is 36.4 Å². The molecule has 2 atom stereocenters. The Labute approximate surface area is 201 Å². The van der Waals surface area contributed by atoms with E-state index in [-0.39, 0.29) is 30.2 Å². The number of nitrogens with two attached hydrogens (primary N) is 1. The Hall–Kier alpha value is -3.07. The van der Waals surface area contributed by atoms with Gasteiger partial charge in [-0.15, -0.1) is 0 Å². The Morgan fingerprint density at radius 2 is 1.85 bits per heavy atom. The lowest BCUT2D eigenvalue weighted by atomic mass is 9.83. The van der Waals surface area contributed by atoms with Crippen molar-refractivity contribution in [2.45, 2.75) is 50.9 Å². The van der Waals surface area contributed by atoms with Crippen molar-refractivity contribution >= 4 is 33.7 Å². The zero-order valence-electron chi connectivity index (χ0n) is 20.3. The van der Waals surface area contributed by atoms with Gasteiger partial charge in [0.25, 0.3) is 0 Å². The molecule has 34 heavy (non-hydrogen) atoms. The van der Waals surface area contributed by atoms with Crippen LogP contribution in [0.25, 0.3) is 0 Å². The predicted octanol–water partition coefficient (Wildman–Crippen LogP) is 4.11. The molecular weight excluding hydrogens is 454 g/mol. The maximum atomic E-state index is 12.2. The SMILES string of the molecule is COc1c(C2CC2c2ccc(NS(C)(=O)=O)cc2)cc(N(CCC=O)C(N)=O)cc1C(C)(C)C. The van der Waals surface area contributed by atoms with Gasteiger partial charge < -0.3 is 15.3 Å². The van der Waals surface area contributed by atoms with Gasteiger partial charge in [0, 0.05) is 35.5 Å². The number of methoxy groups -OCH3 is 1. The lowest BCUT2D eigenvalue weighted by Gasteiger charge is -2.28. The number of urea groups is 1. The number of amides is 2. The van der Waals surface area contributed by atoms with Crippen LogP contribution in [0.1, 0.15) is 62.1 Å². The smallest absolute Gasteiger partial charge is 0.319 e. The molecule has 3 N–H and O–H groups in total. The molecule has 1 saturated carbocycles. The topological polar surface area (TPSA) is 119 Å². The van der Waals surface area contributed by atoms with E-state index in [1.54, 1.807) is 19.2 Å². The van der Waals surface area contributed by atoms with Gasteiger partial charge in [-0.1, -0.05) is 32.9 Å². The summed E-state index contributed by atoms with van der Waals surface area (Å²) < 4.78 is 31.3. The third-order valence-corrected chi connectivity index (χ3v) is 6.60. The average molecular weight is 488 g/mol. The number of nitrogens with zero attached hydrogens (tertiary/aromatic N) is 1. The minimum Gasteiger partial charge on any atom is -0.496 e. The number of sulfonamides is 1. The van der Waals surface area contributed by atoms with E-state index in [1.807, 2.05) is 24.3 Å². The summed E-state index contributed by atoms with van der Waals surface area (Å²) >= 11 is 0. The van der Waals surface area contributed by atoms with Crippen LogP contribution in [0.5, 0.6) is 5.75 Å². The third-order valence-electron chi connectivity index (χ3n) is 5.99. The molecule has 2 aromatic carbocycles. The number of hydrogen-bond donors (Lipinski definition) is 2. The van der Waals surface area contributed by atoms with Gasteiger partial charge in [-0.3, -0.25) is 9.62 Å². The highest BCUT2D eigenvalue weighted by Crippen LogP contribution is 2.58. The van der Waals surface area contributed by atoms with Crippen LogP contribution >= 0.6 is 0 Å². The van der Waals surface area contributed by atoms with Gasteiger partial charge in [-0.2, -0.15) is 0 Å². The minimum atomic E-state index is -3.33. The summed E-state index contributed by atoms with van der Waals surface area (Å²) in [5, 5.41) is 0. The van der Waals surface area contributed by atoms with Crippen LogP contribution in [0.2, 0.25) is 0 Å². The summed E-state index contributed by atoms with van der Waals surface area (Å²) in [5.74, 6) is 1.20. The molecule has 0 bridgehead atoms. The number of ether oxygens (including phenoxy) is 1. The molecule has 2 unspecified atom stereocenters. The fraction of sp³-hybridized carbons (Fsp3) is 0.440. The summed E-state index contributed by atoms with van der Waals surface area (Å²) in [6, 6.07) is 10.6. The Kier molecular flexibility index (Phi) is 7.26. The van der Waals surface area contributed by atoms with E-state index in [1.165, 1.54) is 4.90 Å². The van der Waals surface area contributed by atoms with Gasteiger partial charge in [0.05, 0.1) is 13.4 Å². The van der Waals surface area contributed by atoms with Crippen LogP contribution in [0.4, 0.5) is 16.2 Å². The highest BCUT2D eigenvalue weighted by Gasteiger charge is 2.42. The number of nitrogens with one attached hydrogen (secondary N) is 1. The first-order valence-corrected chi connectivity index (χ1v) is 13.1. The summed E-state index contributed by atoms with van der Waals surface area (Å²) in [6.45, 7) is 6.44. The Balaban J connectivity index is 2.00. The van der Waals surface area contributed by atoms with Gasteiger partial charge in [-0.25, -0.2) is 13.2 Å². The van der Waals surface area contributed by atoms with Gasteiger partial charge in [0.1, 0.15) is 12.0 Å². The number of rotatable bonds is 9. The standard InChI is InChI=1S/C25H33N3O5S/c1-25(2,3)22-14-18(28(24(26)30)11-6-12-29)13-21(23(22)33-4)20-15-19(20)16-7-9-17(10-8-16)27-34(5,31)32/h7-10,12-14,19-20,27H,6,11,15H2,1-5H3,(H2,26,30). The largest absolute Gasteiger partial charge is 0.496 e. The highest BCUT2D eigenvalue weighted by atomic mass is 32.2. The van der Waals surface area contributed by atoms with Crippen LogP contribution < -0.4 is 20.1 Å². The number of aldehydes is 1. The van der Waals surface area contributed by atoms with Crippen molar-refractivity contribution in [3.05, 3.63) is 53.1 Å². The van der Waals surface area contributed by atoms with Crippen molar-refractivity contribution in [2.24, 2.45) is 5.73 Å².